The SMILES string of the molecule is CN(c1ccc(-c2ccccc2)cc1)c1ccc(-c2ccccc2)cc1.CN(c1ccc(-c2ccccc2)cc1)c1ccc2c(c1)C(C)(C)c1ccccc1-2.CN(c1ccc(-c2ccccc2)cc1)c1ccc2ccccc2c1.CN(c1ccc2c(c1)C(C)(C)c1ccccc1-2)c1ccc2c(c1)C(C)(C)c1ccccc1-2. The van der Waals surface area contributed by atoms with Crippen LogP contribution in [0.2, 0.25) is 0 Å². The van der Waals surface area contributed by atoms with Gasteiger partial charge in [0.25, 0.3) is 0 Å². The van der Waals surface area contributed by atoms with E-state index in [0.29, 0.717) is 0 Å². The first-order chi connectivity index (χ1) is 54.0. The molecule has 0 unspecified atom stereocenters. The second-order valence-corrected chi connectivity index (χ2v) is 31.1. The Kier molecular flexibility index (Phi) is 19.9. The molecule has 0 spiro atoms. The summed E-state index contributed by atoms with van der Waals surface area (Å²) in [7, 11) is 8.55. The molecule has 0 radical (unpaired) electrons. The Morgan fingerprint density at radius 2 is 0.351 bits per heavy atom. The van der Waals surface area contributed by atoms with E-state index < -0.39 is 0 Å². The van der Waals surface area contributed by atoms with Crippen molar-refractivity contribution >= 4 is 56.3 Å². The molecule has 3 aliphatic carbocycles. The third kappa shape index (κ3) is 14.3. The number of rotatable bonds is 12. The van der Waals surface area contributed by atoms with Gasteiger partial charge in [-0.2, -0.15) is 0 Å². The van der Waals surface area contributed by atoms with Crippen molar-refractivity contribution in [1.82, 2.24) is 0 Å². The maximum absolute atomic E-state index is 2.39. The summed E-state index contributed by atoms with van der Waals surface area (Å²) in [5, 5.41) is 2.54. The monoisotopic (exact) mass is 1430 g/mol. The van der Waals surface area contributed by atoms with Crippen LogP contribution in [0.4, 0.5) is 45.5 Å². The molecule has 16 aromatic rings. The first-order valence-corrected chi connectivity index (χ1v) is 38.8. The predicted molar refractivity (Wildman–Crippen MR) is 476 cm³/mol. The Morgan fingerprint density at radius 1 is 0.153 bits per heavy atom. The summed E-state index contributed by atoms with van der Waals surface area (Å²) in [6.07, 6.45) is 0. The van der Waals surface area contributed by atoms with Crippen LogP contribution in [0.15, 0.2) is 388 Å². The molecule has 0 atom stereocenters. The minimum atomic E-state index is 0.0182. The summed E-state index contributed by atoms with van der Waals surface area (Å²) >= 11 is 0. The highest BCUT2D eigenvalue weighted by Gasteiger charge is 2.38. The van der Waals surface area contributed by atoms with Crippen molar-refractivity contribution in [3.05, 3.63) is 422 Å². The molecule has 0 N–H and O–H groups in total. The molecule has 0 aliphatic heterocycles. The van der Waals surface area contributed by atoms with Crippen LogP contribution >= 0.6 is 0 Å². The zero-order valence-corrected chi connectivity index (χ0v) is 65.2. The van der Waals surface area contributed by atoms with Crippen LogP contribution in [0.3, 0.4) is 0 Å². The summed E-state index contributed by atoms with van der Waals surface area (Å²) < 4.78 is 0. The molecular formula is C107H94N4. The van der Waals surface area contributed by atoms with E-state index in [1.807, 2.05) is 18.2 Å². The fourth-order valence-corrected chi connectivity index (χ4v) is 16.7. The van der Waals surface area contributed by atoms with Gasteiger partial charge in [0.1, 0.15) is 0 Å². The third-order valence-electron chi connectivity index (χ3n) is 23.4. The molecular weight excluding hydrogens is 1340 g/mol. The number of hydrogen-bond donors (Lipinski definition) is 0. The Balaban J connectivity index is 0.000000113. The highest BCUT2D eigenvalue weighted by atomic mass is 15.1. The number of fused-ring (bicyclic) bond motifs is 10. The molecule has 4 heteroatoms. The summed E-state index contributed by atoms with van der Waals surface area (Å²) in [5.74, 6) is 0. The minimum Gasteiger partial charge on any atom is -0.345 e. The molecule has 4 nitrogen and oxygen atoms in total. The molecule has 3 aliphatic rings. The van der Waals surface area contributed by atoms with Crippen LogP contribution in [0.5, 0.6) is 0 Å². The first-order valence-electron chi connectivity index (χ1n) is 38.8. The van der Waals surface area contributed by atoms with Crippen molar-refractivity contribution in [2.24, 2.45) is 0 Å². The lowest BCUT2D eigenvalue weighted by Gasteiger charge is -2.27. The van der Waals surface area contributed by atoms with Crippen LogP contribution in [-0.4, -0.2) is 28.2 Å². The smallest absolute Gasteiger partial charge is 0.0414 e. The van der Waals surface area contributed by atoms with Crippen molar-refractivity contribution in [1.29, 1.82) is 0 Å². The molecule has 111 heavy (non-hydrogen) atoms. The molecule has 16 aromatic carbocycles. The van der Waals surface area contributed by atoms with Gasteiger partial charge in [-0.15, -0.1) is 0 Å². The van der Waals surface area contributed by atoms with Gasteiger partial charge in [-0.05, 0) is 219 Å². The normalized spacial score (nSPS) is 13.0. The van der Waals surface area contributed by atoms with E-state index in [0.717, 1.165) is 0 Å². The standard InChI is InChI=1S/C31H29N.C28H25N.C25H21N.C23H19N/c1-30(2)26-12-8-6-10-22(26)24-16-14-20(18-28(24)30)32(5)21-15-17-25-23-11-7-9-13-27(23)31(3,4)29(25)19-21;1-28(2)26-12-8-7-11-24(26)25-18-17-23(19-27(25)28)29(3)22-15-13-21(14-16-22)20-9-5-4-6-10-20;1-26(24-16-12-22(13-17-24)20-8-4-2-5-9-20)25-18-14-23(15-19-25)21-10-6-3-7-11-21;1-24(23-16-13-19-9-5-6-10-21(19)17-23)22-14-11-20(12-15-22)18-7-3-2-4-8-18/h6-19H,1-5H3;4-19H,1-3H3;2-19H,1H3;2-17H,1H3. The minimum absolute atomic E-state index is 0.0182. The van der Waals surface area contributed by atoms with Crippen LogP contribution in [-0.2, 0) is 16.2 Å². The molecule has 0 aromatic heterocycles. The Hall–Kier alpha value is -13.0. The van der Waals surface area contributed by atoms with Gasteiger partial charge in [0.15, 0.2) is 0 Å². The molecule has 0 saturated heterocycles. The first kappa shape index (κ1) is 72.2. The van der Waals surface area contributed by atoms with E-state index in [4.69, 9.17) is 0 Å². The van der Waals surface area contributed by atoms with Gasteiger partial charge < -0.3 is 19.6 Å². The third-order valence-corrected chi connectivity index (χ3v) is 23.4. The van der Waals surface area contributed by atoms with Gasteiger partial charge in [0, 0.05) is 89.9 Å². The van der Waals surface area contributed by atoms with Gasteiger partial charge in [-0.25, -0.2) is 0 Å². The maximum Gasteiger partial charge on any atom is 0.0414 e. The van der Waals surface area contributed by atoms with Crippen LogP contribution < -0.4 is 19.6 Å². The zero-order valence-electron chi connectivity index (χ0n) is 65.2. The molecule has 0 heterocycles. The highest BCUT2D eigenvalue weighted by Crippen LogP contribution is 2.53. The fraction of sp³-hybridized carbons (Fsp3) is 0.121. The second-order valence-electron chi connectivity index (χ2n) is 31.1. The van der Waals surface area contributed by atoms with Gasteiger partial charge >= 0.3 is 0 Å². The summed E-state index contributed by atoms with van der Waals surface area (Å²) in [5.41, 5.74) is 36.3. The van der Waals surface area contributed by atoms with E-state index >= 15 is 0 Å². The van der Waals surface area contributed by atoms with Crippen molar-refractivity contribution in [3.8, 4) is 77.9 Å². The lowest BCUT2D eigenvalue weighted by atomic mass is 9.82. The second kappa shape index (κ2) is 30.6. The summed E-state index contributed by atoms with van der Waals surface area (Å²) in [4.78, 5) is 9.04. The average molecular weight is 1440 g/mol. The van der Waals surface area contributed by atoms with Crippen molar-refractivity contribution in [2.45, 2.75) is 57.8 Å². The molecule has 0 fully saturated rings. The van der Waals surface area contributed by atoms with Crippen molar-refractivity contribution in [2.75, 3.05) is 47.8 Å². The van der Waals surface area contributed by atoms with E-state index in [9.17, 15) is 0 Å². The van der Waals surface area contributed by atoms with Crippen molar-refractivity contribution in [3.63, 3.8) is 0 Å². The highest BCUT2D eigenvalue weighted by molar-refractivity contribution is 5.89. The largest absolute Gasteiger partial charge is 0.345 e. The van der Waals surface area contributed by atoms with Crippen molar-refractivity contribution < 1.29 is 0 Å². The number of nitrogens with zero attached hydrogens (tertiary/aromatic N) is 4. The van der Waals surface area contributed by atoms with Gasteiger partial charge in [-0.1, -0.05) is 333 Å². The Morgan fingerprint density at radius 3 is 0.649 bits per heavy atom. The molecule has 0 saturated carbocycles. The van der Waals surface area contributed by atoms with E-state index in [-0.39, 0.29) is 16.2 Å². The number of benzene rings is 16. The van der Waals surface area contributed by atoms with Crippen LogP contribution in [0, 0.1) is 0 Å². The summed E-state index contributed by atoms with van der Waals surface area (Å²) in [6, 6.07) is 139. The topological polar surface area (TPSA) is 13.0 Å². The molecule has 0 amide bonds. The number of hydrogen-bond acceptors (Lipinski definition) is 4. The van der Waals surface area contributed by atoms with Crippen LogP contribution in [0.1, 0.15) is 74.9 Å². The molecule has 542 valence electrons. The van der Waals surface area contributed by atoms with Gasteiger partial charge in [0.2, 0.25) is 0 Å². The Bertz CT molecular complexity index is 5760. The fourth-order valence-electron chi connectivity index (χ4n) is 16.7. The maximum atomic E-state index is 2.39. The van der Waals surface area contributed by atoms with E-state index in [1.54, 1.807) is 0 Å². The lowest BCUT2D eigenvalue weighted by Crippen LogP contribution is -2.17. The van der Waals surface area contributed by atoms with Gasteiger partial charge in [0.05, 0.1) is 0 Å². The Labute approximate surface area is 657 Å². The number of anilines is 8. The van der Waals surface area contributed by atoms with E-state index in [2.05, 4.69) is 459 Å². The summed E-state index contributed by atoms with van der Waals surface area (Å²) in [6.45, 7) is 14.0. The quantitative estimate of drug-likeness (QED) is 0.121. The van der Waals surface area contributed by atoms with E-state index in [1.165, 1.54) is 168 Å². The lowest BCUT2D eigenvalue weighted by molar-refractivity contribution is 0.659. The van der Waals surface area contributed by atoms with Crippen LogP contribution in [0.25, 0.3) is 88.7 Å². The molecule has 19 rings (SSSR count). The molecule has 0 bridgehead atoms. The van der Waals surface area contributed by atoms with Gasteiger partial charge in [-0.3, -0.25) is 0 Å². The zero-order chi connectivity index (χ0) is 76.4. The average Bonchev–Trinajstić information content (AvgIpc) is 1.59. The predicted octanol–water partition coefficient (Wildman–Crippen LogP) is 28.6.